The molecule has 0 spiro atoms. The summed E-state index contributed by atoms with van der Waals surface area (Å²) in [6.07, 6.45) is 0.113. The first kappa shape index (κ1) is 11.3. The molecule has 0 aliphatic rings. The first-order chi connectivity index (χ1) is 6.72. The van der Waals surface area contributed by atoms with Gasteiger partial charge in [-0.3, -0.25) is 0 Å². The summed E-state index contributed by atoms with van der Waals surface area (Å²) in [4.78, 5) is 11.1. The van der Waals surface area contributed by atoms with Gasteiger partial charge in [-0.15, -0.1) is 0 Å². The van der Waals surface area contributed by atoms with Gasteiger partial charge in [0.15, 0.2) is 4.11 Å². The van der Waals surface area contributed by atoms with E-state index in [9.17, 15) is 4.79 Å². The first-order valence-corrected chi connectivity index (χ1v) is 5.54. The quantitative estimate of drug-likeness (QED) is 0.372. The SMILES string of the molecule is CCC(I)OC(=O)Oc1ccccc1. The molecule has 1 aromatic carbocycles. The van der Waals surface area contributed by atoms with E-state index in [-0.39, 0.29) is 4.11 Å². The van der Waals surface area contributed by atoms with Crippen LogP contribution in [-0.2, 0) is 4.74 Å². The van der Waals surface area contributed by atoms with E-state index in [0.717, 1.165) is 6.42 Å². The molecule has 76 valence electrons. The van der Waals surface area contributed by atoms with Crippen molar-refractivity contribution in [3.05, 3.63) is 30.3 Å². The highest BCUT2D eigenvalue weighted by atomic mass is 127. The second kappa shape index (κ2) is 5.85. The number of carbonyl (C=O) groups excluding carboxylic acids is 1. The Labute approximate surface area is 96.5 Å². The predicted molar refractivity (Wildman–Crippen MR) is 61.7 cm³/mol. The zero-order chi connectivity index (χ0) is 10.4. The molecule has 0 radical (unpaired) electrons. The topological polar surface area (TPSA) is 35.5 Å². The van der Waals surface area contributed by atoms with Crippen LogP contribution in [-0.4, -0.2) is 10.3 Å². The lowest BCUT2D eigenvalue weighted by Crippen LogP contribution is -2.15. The number of hydrogen-bond acceptors (Lipinski definition) is 3. The maximum absolute atomic E-state index is 11.1. The third-order valence-electron chi connectivity index (χ3n) is 1.49. The molecule has 0 amide bonds. The van der Waals surface area contributed by atoms with E-state index in [1.807, 2.05) is 35.6 Å². The van der Waals surface area contributed by atoms with Gasteiger partial charge in [0.05, 0.1) is 0 Å². The van der Waals surface area contributed by atoms with Crippen LogP contribution in [0.15, 0.2) is 30.3 Å². The van der Waals surface area contributed by atoms with E-state index in [2.05, 4.69) is 0 Å². The summed E-state index contributed by atoms with van der Waals surface area (Å²) in [6, 6.07) is 8.85. The van der Waals surface area contributed by atoms with Crippen LogP contribution in [0, 0.1) is 0 Å². The minimum absolute atomic E-state index is 0.135. The number of ether oxygens (including phenoxy) is 2. The maximum Gasteiger partial charge on any atom is 0.514 e. The molecule has 14 heavy (non-hydrogen) atoms. The largest absolute Gasteiger partial charge is 0.514 e. The van der Waals surface area contributed by atoms with Crippen molar-refractivity contribution in [2.45, 2.75) is 17.5 Å². The highest BCUT2D eigenvalue weighted by Gasteiger charge is 2.10. The summed E-state index contributed by atoms with van der Waals surface area (Å²) < 4.78 is 9.71. The fraction of sp³-hybridized carbons (Fsp3) is 0.300. The third-order valence-corrected chi connectivity index (χ3v) is 2.62. The molecule has 0 N–H and O–H groups in total. The lowest BCUT2D eigenvalue weighted by Gasteiger charge is -2.08. The smallest absolute Gasteiger partial charge is 0.420 e. The number of hydrogen-bond donors (Lipinski definition) is 0. The Bertz CT molecular complexity index is 287. The Morgan fingerprint density at radius 3 is 2.64 bits per heavy atom. The standard InChI is InChI=1S/C10H11IO3/c1-2-9(11)14-10(12)13-8-6-4-3-5-7-8/h3-7,9H,2H2,1H3. The van der Waals surface area contributed by atoms with Crippen molar-refractivity contribution < 1.29 is 14.3 Å². The van der Waals surface area contributed by atoms with Gasteiger partial charge >= 0.3 is 6.16 Å². The lowest BCUT2D eigenvalue weighted by molar-refractivity contribution is 0.0933. The highest BCUT2D eigenvalue weighted by Crippen LogP contribution is 2.12. The molecule has 0 saturated carbocycles. The average Bonchev–Trinajstić information content (AvgIpc) is 2.19. The molecule has 1 aromatic rings. The van der Waals surface area contributed by atoms with Crippen molar-refractivity contribution in [3.8, 4) is 5.75 Å². The van der Waals surface area contributed by atoms with Gasteiger partial charge in [-0.05, 0) is 41.1 Å². The summed E-state index contributed by atoms with van der Waals surface area (Å²) in [5, 5.41) is 0. The van der Waals surface area contributed by atoms with Crippen LogP contribution >= 0.6 is 22.6 Å². The van der Waals surface area contributed by atoms with Gasteiger partial charge in [0.25, 0.3) is 0 Å². The Balaban J connectivity index is 2.42. The summed E-state index contributed by atoms with van der Waals surface area (Å²) in [5.74, 6) is 0.497. The van der Waals surface area contributed by atoms with Gasteiger partial charge in [0, 0.05) is 0 Å². The second-order valence-electron chi connectivity index (χ2n) is 2.60. The minimum Gasteiger partial charge on any atom is -0.420 e. The average molecular weight is 306 g/mol. The number of alkyl halides is 1. The molecule has 0 fully saturated rings. The highest BCUT2D eigenvalue weighted by molar-refractivity contribution is 14.1. The van der Waals surface area contributed by atoms with E-state index < -0.39 is 6.16 Å². The lowest BCUT2D eigenvalue weighted by atomic mass is 10.3. The first-order valence-electron chi connectivity index (χ1n) is 4.30. The molecule has 0 heterocycles. The molecular weight excluding hydrogens is 295 g/mol. The van der Waals surface area contributed by atoms with E-state index in [0.29, 0.717) is 5.75 Å². The van der Waals surface area contributed by atoms with E-state index in [1.165, 1.54) is 0 Å². The van der Waals surface area contributed by atoms with Crippen molar-refractivity contribution >= 4 is 28.7 Å². The Morgan fingerprint density at radius 1 is 1.43 bits per heavy atom. The van der Waals surface area contributed by atoms with Crippen LogP contribution in [0.4, 0.5) is 4.79 Å². The fourth-order valence-electron chi connectivity index (χ4n) is 0.797. The Hall–Kier alpha value is -0.780. The van der Waals surface area contributed by atoms with Gasteiger partial charge in [-0.1, -0.05) is 25.1 Å². The van der Waals surface area contributed by atoms with Crippen LogP contribution in [0.2, 0.25) is 0 Å². The molecule has 1 atom stereocenters. The van der Waals surface area contributed by atoms with Gasteiger partial charge in [0.2, 0.25) is 0 Å². The minimum atomic E-state index is -0.655. The van der Waals surface area contributed by atoms with E-state index in [1.54, 1.807) is 24.3 Å². The van der Waals surface area contributed by atoms with Crippen LogP contribution in [0.25, 0.3) is 0 Å². The van der Waals surface area contributed by atoms with Crippen LogP contribution in [0.3, 0.4) is 0 Å². The van der Waals surface area contributed by atoms with Crippen molar-refractivity contribution in [2.24, 2.45) is 0 Å². The number of rotatable bonds is 3. The maximum atomic E-state index is 11.1. The summed E-state index contributed by atoms with van der Waals surface area (Å²) >= 11 is 2.04. The van der Waals surface area contributed by atoms with Gasteiger partial charge < -0.3 is 9.47 Å². The summed E-state index contributed by atoms with van der Waals surface area (Å²) in [7, 11) is 0. The van der Waals surface area contributed by atoms with Crippen LogP contribution in [0.1, 0.15) is 13.3 Å². The van der Waals surface area contributed by atoms with Gasteiger partial charge in [-0.2, -0.15) is 0 Å². The van der Waals surface area contributed by atoms with E-state index in [4.69, 9.17) is 9.47 Å². The van der Waals surface area contributed by atoms with E-state index >= 15 is 0 Å². The zero-order valence-electron chi connectivity index (χ0n) is 7.77. The summed E-state index contributed by atoms with van der Waals surface area (Å²) in [6.45, 7) is 1.94. The van der Waals surface area contributed by atoms with Crippen molar-refractivity contribution in [2.75, 3.05) is 0 Å². The Morgan fingerprint density at radius 2 is 2.07 bits per heavy atom. The molecule has 3 nitrogen and oxygen atoms in total. The molecule has 1 unspecified atom stereocenters. The molecule has 0 aliphatic carbocycles. The molecule has 0 aliphatic heterocycles. The van der Waals surface area contributed by atoms with Crippen molar-refractivity contribution in [1.29, 1.82) is 0 Å². The number of benzene rings is 1. The summed E-state index contributed by atoms with van der Waals surface area (Å²) in [5.41, 5.74) is 0. The molecular formula is C10H11IO3. The second-order valence-corrected chi connectivity index (χ2v) is 3.99. The van der Waals surface area contributed by atoms with Crippen LogP contribution in [0.5, 0.6) is 5.75 Å². The normalized spacial score (nSPS) is 11.9. The zero-order valence-corrected chi connectivity index (χ0v) is 9.93. The fourth-order valence-corrected chi connectivity index (χ4v) is 1.00. The number of para-hydroxylation sites is 1. The molecule has 1 rings (SSSR count). The van der Waals surface area contributed by atoms with Gasteiger partial charge in [-0.25, -0.2) is 4.79 Å². The third kappa shape index (κ3) is 3.95. The monoisotopic (exact) mass is 306 g/mol. The predicted octanol–water partition coefficient (Wildman–Crippen LogP) is 3.37. The molecule has 0 aromatic heterocycles. The van der Waals surface area contributed by atoms with Crippen molar-refractivity contribution in [1.82, 2.24) is 0 Å². The number of halogens is 1. The number of carbonyl (C=O) groups is 1. The van der Waals surface area contributed by atoms with Gasteiger partial charge in [0.1, 0.15) is 5.75 Å². The Kier molecular flexibility index (Phi) is 4.72. The van der Waals surface area contributed by atoms with Crippen LogP contribution < -0.4 is 4.74 Å². The van der Waals surface area contributed by atoms with Crippen molar-refractivity contribution in [3.63, 3.8) is 0 Å². The molecule has 0 saturated heterocycles. The molecule has 0 bridgehead atoms. The molecule has 4 heteroatoms.